The van der Waals surface area contributed by atoms with Crippen molar-refractivity contribution in [3.63, 3.8) is 0 Å². The Morgan fingerprint density at radius 2 is 1.88 bits per heavy atom. The van der Waals surface area contributed by atoms with Gasteiger partial charge in [0.15, 0.2) is 0 Å². The van der Waals surface area contributed by atoms with E-state index in [2.05, 4.69) is 12.2 Å². The van der Waals surface area contributed by atoms with E-state index in [0.29, 0.717) is 13.1 Å². The largest absolute Gasteiger partial charge is 0.352 e. The highest BCUT2D eigenvalue weighted by Gasteiger charge is 2.34. The lowest BCUT2D eigenvalue weighted by Crippen LogP contribution is -2.32. The molecule has 0 radical (unpaired) electrons. The molecule has 1 atom stereocenters. The summed E-state index contributed by atoms with van der Waals surface area (Å²) in [5, 5.41) is 2.94. The Kier molecular flexibility index (Phi) is 4.94. The molecule has 1 N–H and O–H groups in total. The van der Waals surface area contributed by atoms with Crippen molar-refractivity contribution in [2.45, 2.75) is 26.3 Å². The van der Waals surface area contributed by atoms with E-state index in [0.717, 1.165) is 17.7 Å². The monoisotopic (exact) mass is 322 g/mol. The molecular weight excluding hydrogens is 300 g/mol. The zero-order valence-corrected chi connectivity index (χ0v) is 13.9. The zero-order chi connectivity index (χ0) is 16.9. The first-order chi connectivity index (χ1) is 11.7. The number of hydrogen-bond acceptors (Lipinski definition) is 2. The van der Waals surface area contributed by atoms with Gasteiger partial charge in [-0.2, -0.15) is 0 Å². The molecule has 2 aromatic carbocycles. The molecule has 4 heteroatoms. The van der Waals surface area contributed by atoms with Crippen LogP contribution >= 0.6 is 0 Å². The number of nitrogens with zero attached hydrogens (tertiary/aromatic N) is 1. The van der Waals surface area contributed by atoms with Gasteiger partial charge in [0, 0.05) is 25.2 Å². The summed E-state index contributed by atoms with van der Waals surface area (Å²) in [7, 11) is 0. The molecule has 1 aliphatic heterocycles. The second-order valence-corrected chi connectivity index (χ2v) is 6.13. The minimum Gasteiger partial charge on any atom is -0.352 e. The van der Waals surface area contributed by atoms with E-state index in [1.54, 1.807) is 4.90 Å². The molecule has 0 aliphatic carbocycles. The first-order valence-corrected chi connectivity index (χ1v) is 8.38. The maximum absolute atomic E-state index is 12.4. The standard InChI is InChI=1S/C20H22N2O2/c1-2-15-9-6-10-18(11-15)22-14-17(12-19(22)23)20(24)21-13-16-7-4-3-5-8-16/h3-11,17H,2,12-14H2,1H3,(H,21,24)/t17-/m1/s1. The maximum atomic E-state index is 12.4. The normalized spacial score (nSPS) is 17.1. The van der Waals surface area contributed by atoms with E-state index < -0.39 is 0 Å². The number of nitrogens with one attached hydrogen (secondary N) is 1. The highest BCUT2D eigenvalue weighted by Crippen LogP contribution is 2.26. The average Bonchev–Trinajstić information content (AvgIpc) is 3.02. The quantitative estimate of drug-likeness (QED) is 0.920. The molecule has 1 fully saturated rings. The number of anilines is 1. The number of benzene rings is 2. The fourth-order valence-electron chi connectivity index (χ4n) is 3.01. The summed E-state index contributed by atoms with van der Waals surface area (Å²) in [6.07, 6.45) is 1.20. The Labute approximate surface area is 142 Å². The third kappa shape index (κ3) is 3.65. The second-order valence-electron chi connectivity index (χ2n) is 6.13. The second kappa shape index (κ2) is 7.30. The van der Waals surface area contributed by atoms with Crippen molar-refractivity contribution in [1.82, 2.24) is 5.32 Å². The summed E-state index contributed by atoms with van der Waals surface area (Å²) in [5.74, 6) is -0.323. The van der Waals surface area contributed by atoms with E-state index in [1.807, 2.05) is 54.6 Å². The summed E-state index contributed by atoms with van der Waals surface area (Å²) >= 11 is 0. The summed E-state index contributed by atoms with van der Waals surface area (Å²) in [6, 6.07) is 17.8. The van der Waals surface area contributed by atoms with Crippen LogP contribution in [0, 0.1) is 5.92 Å². The Balaban J connectivity index is 1.62. The SMILES string of the molecule is CCc1cccc(N2C[C@H](C(=O)NCc3ccccc3)CC2=O)c1. The van der Waals surface area contributed by atoms with Crippen molar-refractivity contribution in [1.29, 1.82) is 0 Å². The van der Waals surface area contributed by atoms with Crippen LogP contribution in [0.25, 0.3) is 0 Å². The minimum atomic E-state index is -0.286. The molecule has 0 unspecified atom stereocenters. The molecule has 124 valence electrons. The molecule has 0 spiro atoms. The number of carbonyl (C=O) groups excluding carboxylic acids is 2. The van der Waals surface area contributed by atoms with Gasteiger partial charge in [0.2, 0.25) is 11.8 Å². The lowest BCUT2D eigenvalue weighted by atomic mass is 10.1. The molecule has 1 aliphatic rings. The van der Waals surface area contributed by atoms with Crippen LogP contribution in [0.3, 0.4) is 0 Å². The molecular formula is C20H22N2O2. The molecule has 2 aromatic rings. The van der Waals surface area contributed by atoms with E-state index in [1.165, 1.54) is 5.56 Å². The summed E-state index contributed by atoms with van der Waals surface area (Å²) in [6.45, 7) is 3.03. The predicted molar refractivity (Wildman–Crippen MR) is 94.6 cm³/mol. The summed E-state index contributed by atoms with van der Waals surface area (Å²) in [4.78, 5) is 26.4. The lowest BCUT2D eigenvalue weighted by molar-refractivity contribution is -0.126. The van der Waals surface area contributed by atoms with Crippen LogP contribution in [0.1, 0.15) is 24.5 Å². The van der Waals surface area contributed by atoms with Gasteiger partial charge in [-0.05, 0) is 29.7 Å². The molecule has 4 nitrogen and oxygen atoms in total. The summed E-state index contributed by atoms with van der Waals surface area (Å²) in [5.41, 5.74) is 3.14. The average molecular weight is 322 g/mol. The van der Waals surface area contributed by atoms with Crippen LogP contribution in [0.2, 0.25) is 0 Å². The molecule has 0 aromatic heterocycles. The van der Waals surface area contributed by atoms with Gasteiger partial charge in [0.1, 0.15) is 0 Å². The Hall–Kier alpha value is -2.62. The van der Waals surface area contributed by atoms with Crippen LogP contribution in [0.4, 0.5) is 5.69 Å². The Morgan fingerprint density at radius 1 is 1.12 bits per heavy atom. The first-order valence-electron chi connectivity index (χ1n) is 8.38. The smallest absolute Gasteiger partial charge is 0.227 e. The van der Waals surface area contributed by atoms with Crippen molar-refractivity contribution >= 4 is 17.5 Å². The van der Waals surface area contributed by atoms with Crippen LogP contribution in [-0.4, -0.2) is 18.4 Å². The fraction of sp³-hybridized carbons (Fsp3) is 0.300. The summed E-state index contributed by atoms with van der Waals surface area (Å²) < 4.78 is 0. The van der Waals surface area contributed by atoms with E-state index >= 15 is 0 Å². The maximum Gasteiger partial charge on any atom is 0.227 e. The number of hydrogen-bond donors (Lipinski definition) is 1. The number of aryl methyl sites for hydroxylation is 1. The van der Waals surface area contributed by atoms with Gasteiger partial charge >= 0.3 is 0 Å². The predicted octanol–water partition coefficient (Wildman–Crippen LogP) is 2.92. The number of rotatable bonds is 5. The fourth-order valence-corrected chi connectivity index (χ4v) is 3.01. The van der Waals surface area contributed by atoms with Gasteiger partial charge in [-0.25, -0.2) is 0 Å². The van der Waals surface area contributed by atoms with Crippen molar-refractivity contribution in [3.8, 4) is 0 Å². The Morgan fingerprint density at radius 3 is 2.62 bits per heavy atom. The van der Waals surface area contributed by atoms with Crippen molar-refractivity contribution < 1.29 is 9.59 Å². The topological polar surface area (TPSA) is 49.4 Å². The zero-order valence-electron chi connectivity index (χ0n) is 13.9. The molecule has 0 bridgehead atoms. The van der Waals surface area contributed by atoms with Crippen molar-refractivity contribution in [2.75, 3.05) is 11.4 Å². The van der Waals surface area contributed by atoms with Crippen molar-refractivity contribution in [2.24, 2.45) is 5.92 Å². The van der Waals surface area contributed by atoms with Gasteiger partial charge in [-0.3, -0.25) is 9.59 Å². The molecule has 1 heterocycles. The highest BCUT2D eigenvalue weighted by atomic mass is 16.2. The lowest BCUT2D eigenvalue weighted by Gasteiger charge is -2.17. The van der Waals surface area contributed by atoms with Gasteiger partial charge < -0.3 is 10.2 Å². The molecule has 2 amide bonds. The first kappa shape index (κ1) is 16.2. The van der Waals surface area contributed by atoms with E-state index in [9.17, 15) is 9.59 Å². The molecule has 0 saturated carbocycles. The molecule has 1 saturated heterocycles. The van der Waals surface area contributed by atoms with Crippen LogP contribution in [0.15, 0.2) is 54.6 Å². The van der Waals surface area contributed by atoms with E-state index in [4.69, 9.17) is 0 Å². The van der Waals surface area contributed by atoms with E-state index in [-0.39, 0.29) is 24.2 Å². The van der Waals surface area contributed by atoms with Crippen LogP contribution in [0.5, 0.6) is 0 Å². The number of amides is 2. The third-order valence-corrected chi connectivity index (χ3v) is 4.44. The highest BCUT2D eigenvalue weighted by molar-refractivity contribution is 6.00. The van der Waals surface area contributed by atoms with Gasteiger partial charge in [-0.1, -0.05) is 49.4 Å². The number of carbonyl (C=O) groups is 2. The van der Waals surface area contributed by atoms with Crippen LogP contribution < -0.4 is 10.2 Å². The molecule has 3 rings (SSSR count). The third-order valence-electron chi connectivity index (χ3n) is 4.44. The van der Waals surface area contributed by atoms with Gasteiger partial charge in [0.05, 0.1) is 5.92 Å². The minimum absolute atomic E-state index is 0.0168. The van der Waals surface area contributed by atoms with Gasteiger partial charge in [0.25, 0.3) is 0 Å². The van der Waals surface area contributed by atoms with Crippen LogP contribution in [-0.2, 0) is 22.6 Å². The van der Waals surface area contributed by atoms with Crippen molar-refractivity contribution in [3.05, 3.63) is 65.7 Å². The van der Waals surface area contributed by atoms with Gasteiger partial charge in [-0.15, -0.1) is 0 Å². The Bertz CT molecular complexity index is 727. The molecule has 24 heavy (non-hydrogen) atoms.